The number of hydrogen-bond acceptors (Lipinski definition) is 4. The molecule has 1 saturated heterocycles. The molecule has 0 radical (unpaired) electrons. The van der Waals surface area contributed by atoms with Crippen molar-refractivity contribution in [1.29, 1.82) is 0 Å². The van der Waals surface area contributed by atoms with Crippen LogP contribution in [0.2, 0.25) is 0 Å². The van der Waals surface area contributed by atoms with E-state index in [1.165, 1.54) is 36.5 Å². The first-order valence-corrected chi connectivity index (χ1v) is 9.44. The van der Waals surface area contributed by atoms with Gasteiger partial charge in [0.05, 0.1) is 19.8 Å². The Balaban J connectivity index is 1.65. The summed E-state index contributed by atoms with van der Waals surface area (Å²) in [5.41, 5.74) is 2.00. The third kappa shape index (κ3) is 3.58. The second kappa shape index (κ2) is 7.93. The van der Waals surface area contributed by atoms with Crippen LogP contribution in [0.25, 0.3) is 11.1 Å². The first kappa shape index (κ1) is 20.1. The minimum atomic E-state index is -1.03. The van der Waals surface area contributed by atoms with Crippen molar-refractivity contribution in [2.24, 2.45) is 0 Å². The molecule has 30 heavy (non-hydrogen) atoms. The number of aliphatic hydroxyl groups is 1. The lowest BCUT2D eigenvalue weighted by atomic mass is 9.77. The van der Waals surface area contributed by atoms with Gasteiger partial charge >= 0.3 is 0 Å². The number of anilines is 1. The van der Waals surface area contributed by atoms with Crippen LogP contribution in [-0.4, -0.2) is 29.2 Å². The monoisotopic (exact) mass is 410 g/mol. The molecule has 1 aliphatic heterocycles. The van der Waals surface area contributed by atoms with Crippen LogP contribution in [0.1, 0.15) is 16.8 Å². The van der Waals surface area contributed by atoms with Crippen LogP contribution >= 0.6 is 0 Å². The number of pyridine rings is 1. The van der Waals surface area contributed by atoms with Crippen LogP contribution in [0, 0.1) is 18.6 Å². The quantitative estimate of drug-likeness (QED) is 0.672. The van der Waals surface area contributed by atoms with E-state index < -0.39 is 17.0 Å². The van der Waals surface area contributed by atoms with Gasteiger partial charge in [0.25, 0.3) is 0 Å². The maximum absolute atomic E-state index is 15.1. The van der Waals surface area contributed by atoms with Gasteiger partial charge in [-0.15, -0.1) is 0 Å². The smallest absolute Gasteiger partial charge is 0.239 e. The molecule has 2 N–H and O–H groups in total. The Morgan fingerprint density at radius 1 is 1.13 bits per heavy atom. The number of amides is 1. The summed E-state index contributed by atoms with van der Waals surface area (Å²) >= 11 is 0. The molecule has 1 aliphatic rings. The molecule has 3 aromatic rings. The number of carbonyl (C=O) groups excluding carboxylic acids is 1. The molecule has 2 heterocycles. The fourth-order valence-electron chi connectivity index (χ4n) is 3.54. The predicted molar refractivity (Wildman–Crippen MR) is 108 cm³/mol. The molecular formula is C23H20F2N2O3. The van der Waals surface area contributed by atoms with E-state index >= 15 is 4.39 Å². The first-order valence-electron chi connectivity index (χ1n) is 9.44. The molecule has 7 heteroatoms. The van der Waals surface area contributed by atoms with Gasteiger partial charge < -0.3 is 15.2 Å². The predicted octanol–water partition coefficient (Wildman–Crippen LogP) is 3.73. The lowest BCUT2D eigenvalue weighted by Crippen LogP contribution is -2.55. The zero-order valence-corrected chi connectivity index (χ0v) is 16.3. The van der Waals surface area contributed by atoms with Crippen LogP contribution in [0.3, 0.4) is 0 Å². The Hall–Kier alpha value is -3.16. The number of aliphatic hydroxyl groups excluding tert-OH is 1. The lowest BCUT2D eigenvalue weighted by molar-refractivity contribution is -0.139. The topological polar surface area (TPSA) is 71.5 Å². The molecule has 154 valence electrons. The van der Waals surface area contributed by atoms with Crippen LogP contribution in [0.15, 0.2) is 54.7 Å². The summed E-state index contributed by atoms with van der Waals surface area (Å²) < 4.78 is 33.4. The van der Waals surface area contributed by atoms with Crippen molar-refractivity contribution < 1.29 is 23.4 Å². The normalized spacial score (nSPS) is 14.8. The minimum absolute atomic E-state index is 0.118. The number of rotatable bonds is 5. The van der Waals surface area contributed by atoms with Gasteiger partial charge in [-0.25, -0.2) is 8.78 Å². The number of carbonyl (C=O) groups is 1. The third-order valence-corrected chi connectivity index (χ3v) is 5.34. The third-order valence-electron chi connectivity index (χ3n) is 5.34. The number of nitrogens with one attached hydrogen (secondary N) is 1. The number of ether oxygens (including phenoxy) is 1. The van der Waals surface area contributed by atoms with Gasteiger partial charge in [0.1, 0.15) is 17.0 Å². The van der Waals surface area contributed by atoms with Crippen molar-refractivity contribution in [3.63, 3.8) is 0 Å². The highest BCUT2D eigenvalue weighted by Gasteiger charge is 2.48. The second-order valence-corrected chi connectivity index (χ2v) is 7.37. The summed E-state index contributed by atoms with van der Waals surface area (Å²) in [5.74, 6) is -1.27. The average Bonchev–Trinajstić information content (AvgIpc) is 2.69. The zero-order chi connectivity index (χ0) is 21.3. The molecule has 4 rings (SSSR count). The molecule has 0 saturated carbocycles. The molecule has 0 aliphatic carbocycles. The van der Waals surface area contributed by atoms with Gasteiger partial charge in [-0.05, 0) is 54.4 Å². The molecule has 0 atom stereocenters. The van der Waals surface area contributed by atoms with E-state index in [1.54, 1.807) is 25.1 Å². The van der Waals surface area contributed by atoms with Crippen molar-refractivity contribution in [3.05, 3.63) is 83.2 Å². The summed E-state index contributed by atoms with van der Waals surface area (Å²) in [6.45, 7) is 1.79. The highest BCUT2D eigenvalue weighted by molar-refractivity contribution is 6.00. The van der Waals surface area contributed by atoms with Gasteiger partial charge in [-0.3, -0.25) is 9.78 Å². The van der Waals surface area contributed by atoms with Gasteiger partial charge in [0.15, 0.2) is 0 Å². The molecule has 5 nitrogen and oxygen atoms in total. The fraction of sp³-hybridized carbons (Fsp3) is 0.217. The Labute approximate surface area is 172 Å². The maximum atomic E-state index is 15.1. The molecule has 1 aromatic heterocycles. The van der Waals surface area contributed by atoms with Crippen molar-refractivity contribution in [2.45, 2.75) is 18.9 Å². The number of aryl methyl sites for hydroxylation is 1. The number of nitrogens with zero attached hydrogens (tertiary/aromatic N) is 1. The average molecular weight is 410 g/mol. The second-order valence-electron chi connectivity index (χ2n) is 7.37. The van der Waals surface area contributed by atoms with Crippen LogP contribution < -0.4 is 5.32 Å². The Kier molecular flexibility index (Phi) is 5.32. The highest BCUT2D eigenvalue weighted by Crippen LogP contribution is 2.36. The standard InChI is InChI=1S/C23H20F2N2O3/c1-14-8-15(11-28)20(10-26-14)19-7-2-16(9-21(19)25)23(12-30-13-23)22(29)27-18-5-3-17(24)4-6-18/h2-10,28H,11-13H2,1H3,(H,27,29). The minimum Gasteiger partial charge on any atom is -0.392 e. The van der Waals surface area contributed by atoms with E-state index in [4.69, 9.17) is 4.74 Å². The zero-order valence-electron chi connectivity index (χ0n) is 16.3. The Bertz CT molecular complexity index is 1100. The summed E-state index contributed by atoms with van der Waals surface area (Å²) in [7, 11) is 0. The van der Waals surface area contributed by atoms with E-state index in [-0.39, 0.29) is 25.7 Å². The van der Waals surface area contributed by atoms with E-state index in [0.29, 0.717) is 27.9 Å². The van der Waals surface area contributed by atoms with E-state index in [1.807, 2.05) is 0 Å². The van der Waals surface area contributed by atoms with Gasteiger partial charge in [0.2, 0.25) is 5.91 Å². The van der Waals surface area contributed by atoms with Crippen molar-refractivity contribution in [2.75, 3.05) is 18.5 Å². The Morgan fingerprint density at radius 2 is 1.87 bits per heavy atom. The largest absolute Gasteiger partial charge is 0.392 e. The summed E-state index contributed by atoms with van der Waals surface area (Å²) in [6, 6.07) is 11.7. The summed E-state index contributed by atoms with van der Waals surface area (Å²) in [4.78, 5) is 17.2. The van der Waals surface area contributed by atoms with Crippen molar-refractivity contribution >= 4 is 11.6 Å². The molecule has 0 bridgehead atoms. The summed E-state index contributed by atoms with van der Waals surface area (Å²) in [5, 5.41) is 12.4. The van der Waals surface area contributed by atoms with Crippen LogP contribution in [-0.2, 0) is 21.6 Å². The number of benzene rings is 2. The lowest BCUT2D eigenvalue weighted by Gasteiger charge is -2.40. The molecule has 2 aromatic carbocycles. The van der Waals surface area contributed by atoms with E-state index in [0.717, 1.165) is 5.69 Å². The molecule has 0 spiro atoms. The van der Waals surface area contributed by atoms with Gasteiger partial charge in [0, 0.05) is 28.7 Å². The van der Waals surface area contributed by atoms with E-state index in [2.05, 4.69) is 10.3 Å². The number of halogens is 2. The summed E-state index contributed by atoms with van der Waals surface area (Å²) in [6.07, 6.45) is 1.53. The van der Waals surface area contributed by atoms with Gasteiger partial charge in [-0.1, -0.05) is 12.1 Å². The molecule has 1 fully saturated rings. The number of hydrogen-bond donors (Lipinski definition) is 2. The molecule has 0 unspecified atom stereocenters. The molecule has 1 amide bonds. The first-order chi connectivity index (χ1) is 14.4. The fourth-order valence-corrected chi connectivity index (χ4v) is 3.54. The maximum Gasteiger partial charge on any atom is 0.239 e. The Morgan fingerprint density at radius 3 is 2.47 bits per heavy atom. The van der Waals surface area contributed by atoms with Crippen molar-refractivity contribution in [3.8, 4) is 11.1 Å². The number of aromatic nitrogens is 1. The van der Waals surface area contributed by atoms with Crippen LogP contribution in [0.5, 0.6) is 0 Å². The highest BCUT2D eigenvalue weighted by atomic mass is 19.1. The molecular weight excluding hydrogens is 390 g/mol. The van der Waals surface area contributed by atoms with Gasteiger partial charge in [-0.2, -0.15) is 0 Å². The van der Waals surface area contributed by atoms with Crippen LogP contribution in [0.4, 0.5) is 14.5 Å². The van der Waals surface area contributed by atoms with Crippen molar-refractivity contribution in [1.82, 2.24) is 4.98 Å². The van der Waals surface area contributed by atoms with E-state index in [9.17, 15) is 14.3 Å². The SMILES string of the molecule is Cc1cc(CO)c(-c2ccc(C3(C(=O)Nc4ccc(F)cc4)COC3)cc2F)cn1.